The van der Waals surface area contributed by atoms with Crippen LogP contribution in [0.3, 0.4) is 0 Å². The van der Waals surface area contributed by atoms with E-state index in [1.165, 1.54) is 0 Å². The van der Waals surface area contributed by atoms with E-state index in [2.05, 4.69) is 13.8 Å². The van der Waals surface area contributed by atoms with Crippen LogP contribution in [0.15, 0.2) is 0 Å². The zero-order valence-corrected chi connectivity index (χ0v) is 8.21. The van der Waals surface area contributed by atoms with E-state index < -0.39 is 0 Å². The number of unbranched alkanes of at least 4 members (excludes halogenated alkanes) is 2. The van der Waals surface area contributed by atoms with Crippen LogP contribution >= 0.6 is 0 Å². The van der Waals surface area contributed by atoms with Crippen LogP contribution in [-0.2, 0) is 9.53 Å². The van der Waals surface area contributed by atoms with Crippen molar-refractivity contribution in [2.75, 3.05) is 6.61 Å². The first-order valence-corrected chi connectivity index (χ1v) is 4.92. The fraction of sp³-hybridized carbons (Fsp3) is 0.900. The third-order valence-corrected chi connectivity index (χ3v) is 1.82. The number of hydrogen-bond donors (Lipinski definition) is 0. The molecule has 0 aromatic heterocycles. The smallest absolute Gasteiger partial charge is 0.148 e. The molecule has 0 saturated carbocycles. The van der Waals surface area contributed by atoms with E-state index in [9.17, 15) is 4.79 Å². The third-order valence-electron chi connectivity index (χ3n) is 1.82. The van der Waals surface area contributed by atoms with Gasteiger partial charge in [0.05, 0.1) is 0 Å². The Hall–Kier alpha value is -0.370. The minimum absolute atomic E-state index is 0.156. The highest BCUT2D eigenvalue weighted by atomic mass is 16.5. The molecule has 0 bridgehead atoms. The van der Waals surface area contributed by atoms with Gasteiger partial charge in [-0.15, -0.1) is 0 Å². The van der Waals surface area contributed by atoms with Crippen LogP contribution < -0.4 is 0 Å². The van der Waals surface area contributed by atoms with Gasteiger partial charge in [-0.2, -0.15) is 0 Å². The monoisotopic (exact) mass is 172 g/mol. The molecule has 72 valence electrons. The standard InChI is InChI=1S/C10H20O2/c1-3-5-7-10(9-11)12-8-6-4-2/h9-10H,3-8H2,1-2H3. The highest BCUT2D eigenvalue weighted by Crippen LogP contribution is 2.03. The van der Waals surface area contributed by atoms with Crippen LogP contribution in [0.1, 0.15) is 46.0 Å². The Labute approximate surface area is 75.3 Å². The lowest BCUT2D eigenvalue weighted by Crippen LogP contribution is -2.15. The van der Waals surface area contributed by atoms with Crippen molar-refractivity contribution in [2.24, 2.45) is 0 Å². The number of ether oxygens (including phenoxy) is 1. The molecule has 0 aromatic rings. The maximum Gasteiger partial charge on any atom is 0.148 e. The maximum absolute atomic E-state index is 10.5. The molecule has 0 saturated heterocycles. The first-order valence-electron chi connectivity index (χ1n) is 4.92. The molecule has 0 rings (SSSR count). The SMILES string of the molecule is CCCCOC(C=O)CCCC. The Morgan fingerprint density at radius 1 is 1.25 bits per heavy atom. The van der Waals surface area contributed by atoms with E-state index in [0.717, 1.165) is 45.0 Å². The highest BCUT2D eigenvalue weighted by Gasteiger charge is 2.05. The zero-order valence-electron chi connectivity index (χ0n) is 8.21. The average Bonchev–Trinajstić information content (AvgIpc) is 2.11. The second-order valence-electron chi connectivity index (χ2n) is 3.04. The molecular formula is C10H20O2. The van der Waals surface area contributed by atoms with E-state index in [0.29, 0.717) is 0 Å². The van der Waals surface area contributed by atoms with Crippen LogP contribution in [0.25, 0.3) is 0 Å². The highest BCUT2D eigenvalue weighted by molar-refractivity contribution is 5.55. The molecule has 2 nitrogen and oxygen atoms in total. The van der Waals surface area contributed by atoms with E-state index in [1.807, 2.05) is 0 Å². The lowest BCUT2D eigenvalue weighted by molar-refractivity contribution is -0.118. The van der Waals surface area contributed by atoms with Gasteiger partial charge in [0.2, 0.25) is 0 Å². The molecule has 0 aliphatic heterocycles. The van der Waals surface area contributed by atoms with E-state index in [-0.39, 0.29) is 6.10 Å². The molecule has 0 radical (unpaired) electrons. The molecule has 0 amide bonds. The summed E-state index contributed by atoms with van der Waals surface area (Å²) in [6.45, 7) is 4.96. The fourth-order valence-corrected chi connectivity index (χ4v) is 0.975. The number of hydrogen-bond acceptors (Lipinski definition) is 2. The van der Waals surface area contributed by atoms with Crippen LogP contribution in [0, 0.1) is 0 Å². The van der Waals surface area contributed by atoms with Gasteiger partial charge in [-0.3, -0.25) is 0 Å². The van der Waals surface area contributed by atoms with Gasteiger partial charge in [-0.05, 0) is 12.8 Å². The second-order valence-corrected chi connectivity index (χ2v) is 3.04. The summed E-state index contributed by atoms with van der Waals surface area (Å²) in [5.41, 5.74) is 0. The topological polar surface area (TPSA) is 26.3 Å². The predicted octanol–water partition coefficient (Wildman–Crippen LogP) is 2.56. The molecule has 1 atom stereocenters. The molecule has 0 aliphatic carbocycles. The fourth-order valence-electron chi connectivity index (χ4n) is 0.975. The molecule has 0 fully saturated rings. The van der Waals surface area contributed by atoms with Crippen molar-refractivity contribution in [1.82, 2.24) is 0 Å². The van der Waals surface area contributed by atoms with Crippen LogP contribution in [0.5, 0.6) is 0 Å². The molecular weight excluding hydrogens is 152 g/mol. The van der Waals surface area contributed by atoms with Crippen molar-refractivity contribution in [2.45, 2.75) is 52.1 Å². The number of aldehydes is 1. The molecule has 12 heavy (non-hydrogen) atoms. The molecule has 1 unspecified atom stereocenters. The summed E-state index contributed by atoms with van der Waals surface area (Å²) in [5.74, 6) is 0. The van der Waals surface area contributed by atoms with Gasteiger partial charge in [0.25, 0.3) is 0 Å². The predicted molar refractivity (Wildman–Crippen MR) is 50.2 cm³/mol. The van der Waals surface area contributed by atoms with Crippen molar-refractivity contribution in [3.8, 4) is 0 Å². The van der Waals surface area contributed by atoms with E-state index in [1.54, 1.807) is 0 Å². The van der Waals surface area contributed by atoms with Gasteiger partial charge in [0.1, 0.15) is 12.4 Å². The summed E-state index contributed by atoms with van der Waals surface area (Å²) in [6.07, 6.45) is 6.03. The van der Waals surface area contributed by atoms with Gasteiger partial charge in [-0.1, -0.05) is 33.1 Å². The lowest BCUT2D eigenvalue weighted by Gasteiger charge is -2.10. The number of rotatable bonds is 8. The normalized spacial score (nSPS) is 12.8. The minimum atomic E-state index is -0.156. The largest absolute Gasteiger partial charge is 0.371 e. The average molecular weight is 172 g/mol. The summed E-state index contributed by atoms with van der Waals surface area (Å²) in [7, 11) is 0. The van der Waals surface area contributed by atoms with E-state index in [4.69, 9.17) is 4.74 Å². The minimum Gasteiger partial charge on any atom is -0.371 e. The summed E-state index contributed by atoms with van der Waals surface area (Å²) in [4.78, 5) is 10.5. The third kappa shape index (κ3) is 6.35. The van der Waals surface area contributed by atoms with Gasteiger partial charge in [-0.25, -0.2) is 0 Å². The molecule has 2 heteroatoms. The molecule has 0 spiro atoms. The maximum atomic E-state index is 10.5. The Bertz CT molecular complexity index is 102. The Morgan fingerprint density at radius 2 is 1.92 bits per heavy atom. The number of carbonyl (C=O) groups is 1. The summed E-state index contributed by atoms with van der Waals surface area (Å²) in [6, 6.07) is 0. The molecule has 0 N–H and O–H groups in total. The van der Waals surface area contributed by atoms with Gasteiger partial charge in [0.15, 0.2) is 0 Å². The van der Waals surface area contributed by atoms with Crippen LogP contribution in [0.4, 0.5) is 0 Å². The first kappa shape index (κ1) is 11.6. The summed E-state index contributed by atoms with van der Waals surface area (Å²) >= 11 is 0. The summed E-state index contributed by atoms with van der Waals surface area (Å²) in [5, 5.41) is 0. The second kappa shape index (κ2) is 8.72. The first-order chi connectivity index (χ1) is 5.85. The quantitative estimate of drug-likeness (QED) is 0.415. The molecule has 0 aromatic carbocycles. The lowest BCUT2D eigenvalue weighted by atomic mass is 10.2. The summed E-state index contributed by atoms with van der Waals surface area (Å²) < 4.78 is 5.37. The van der Waals surface area contributed by atoms with Crippen molar-refractivity contribution < 1.29 is 9.53 Å². The van der Waals surface area contributed by atoms with Crippen molar-refractivity contribution >= 4 is 6.29 Å². The van der Waals surface area contributed by atoms with Gasteiger partial charge < -0.3 is 9.53 Å². The van der Waals surface area contributed by atoms with Crippen LogP contribution in [-0.4, -0.2) is 19.0 Å². The van der Waals surface area contributed by atoms with Crippen LogP contribution in [0.2, 0.25) is 0 Å². The Morgan fingerprint density at radius 3 is 2.42 bits per heavy atom. The molecule has 0 aliphatic rings. The Kier molecular flexibility index (Phi) is 8.46. The van der Waals surface area contributed by atoms with Crippen molar-refractivity contribution in [3.63, 3.8) is 0 Å². The zero-order chi connectivity index (χ0) is 9.23. The molecule has 0 heterocycles. The van der Waals surface area contributed by atoms with E-state index >= 15 is 0 Å². The van der Waals surface area contributed by atoms with Crippen molar-refractivity contribution in [1.29, 1.82) is 0 Å². The Balaban J connectivity index is 3.32. The van der Waals surface area contributed by atoms with Gasteiger partial charge >= 0.3 is 0 Å². The van der Waals surface area contributed by atoms with Gasteiger partial charge in [0, 0.05) is 6.61 Å². The van der Waals surface area contributed by atoms with Crippen molar-refractivity contribution in [3.05, 3.63) is 0 Å². The number of carbonyl (C=O) groups excluding carboxylic acids is 1.